The number of amides is 2. The Morgan fingerprint density at radius 2 is 0.702 bits per heavy atom. The molecule has 2 N–H and O–H groups in total. The predicted octanol–water partition coefficient (Wildman–Crippen LogP) is 14.6. The lowest BCUT2D eigenvalue weighted by Crippen LogP contribution is -2.38. The van der Waals surface area contributed by atoms with Crippen LogP contribution in [-0.4, -0.2) is 225 Å². The van der Waals surface area contributed by atoms with Crippen molar-refractivity contribution in [3.8, 4) is 0 Å². The SMILES string of the molecule is C=C(C)C(=O)OCOP(=O)([O-])OCC[N+](C)(C)C.Cc1ccc(SCC(CSc2ccc(C)cc2)C(=O)c2ccc(C(=O)NCCOCCOC(=O)C(C)(C)Br)cc2)cc1.Cc1ccc(SCC(CSc2ccc(C)cc2)C(=O)c2ccc(C(=O)NCCOCCOC(=O)C(C)(C)CC(C)(C)C(=O)OCCOP(=O)([O-])OCC[N+](C)(C)C)cc2)cc1. The molecular formula is C88H121BrN4O22P2S4. The summed E-state index contributed by atoms with van der Waals surface area (Å²) in [6.07, 6.45) is 0.0928. The Morgan fingerprint density at radius 3 is 1.01 bits per heavy atom. The van der Waals surface area contributed by atoms with E-state index in [4.69, 9.17) is 32.7 Å². The molecule has 33 heteroatoms. The van der Waals surface area contributed by atoms with Crippen molar-refractivity contribution < 1.29 is 113 Å². The number of ketones is 2. The summed E-state index contributed by atoms with van der Waals surface area (Å²) < 4.78 is 73.3. The largest absolute Gasteiger partial charge is 0.756 e. The van der Waals surface area contributed by atoms with Gasteiger partial charge in [-0.25, -0.2) is 4.79 Å². The highest BCUT2D eigenvalue weighted by Gasteiger charge is 2.41. The van der Waals surface area contributed by atoms with Gasteiger partial charge in [-0.05, 0) is 155 Å². The molecule has 6 aromatic carbocycles. The van der Waals surface area contributed by atoms with Gasteiger partial charge in [0.15, 0.2) is 18.4 Å². The molecule has 0 aliphatic carbocycles. The van der Waals surface area contributed by atoms with E-state index in [0.717, 1.165) is 19.6 Å². The number of esters is 4. The van der Waals surface area contributed by atoms with Crippen LogP contribution in [0.2, 0.25) is 0 Å². The van der Waals surface area contributed by atoms with E-state index in [1.807, 2.05) is 56.1 Å². The predicted molar refractivity (Wildman–Crippen MR) is 476 cm³/mol. The van der Waals surface area contributed by atoms with E-state index >= 15 is 0 Å². The minimum absolute atomic E-state index is 0.00128. The molecule has 0 bridgehead atoms. The molecule has 0 aliphatic heterocycles. The van der Waals surface area contributed by atoms with Crippen molar-refractivity contribution in [1.29, 1.82) is 0 Å². The van der Waals surface area contributed by atoms with Gasteiger partial charge in [-0.1, -0.05) is 118 Å². The molecule has 6 rings (SSSR count). The number of halogens is 1. The first-order valence-electron chi connectivity index (χ1n) is 39.3. The van der Waals surface area contributed by atoms with Crippen molar-refractivity contribution >= 4 is 126 Å². The number of thioether (sulfide) groups is 4. The number of likely N-dealkylation sites (N-methyl/N-ethyl adjacent to an activating group) is 2. The monoisotopic (exact) mass is 1850 g/mol. The van der Waals surface area contributed by atoms with E-state index in [1.165, 1.54) is 29.2 Å². The van der Waals surface area contributed by atoms with Crippen LogP contribution in [0.5, 0.6) is 0 Å². The van der Waals surface area contributed by atoms with Crippen molar-refractivity contribution in [2.45, 2.75) is 106 Å². The Balaban J connectivity index is 0.000000439. The Labute approximate surface area is 740 Å². The molecule has 0 aliphatic rings. The summed E-state index contributed by atoms with van der Waals surface area (Å²) >= 11 is 9.95. The number of quaternary nitrogens is 2. The van der Waals surface area contributed by atoms with E-state index < -0.39 is 62.1 Å². The summed E-state index contributed by atoms with van der Waals surface area (Å²) in [6.45, 7) is 23.9. The number of nitrogens with one attached hydrogen (secondary N) is 2. The number of phosphoric acid groups is 2. The van der Waals surface area contributed by atoms with Gasteiger partial charge in [0, 0.05) is 95.3 Å². The molecule has 0 heterocycles. The maximum atomic E-state index is 13.8. The van der Waals surface area contributed by atoms with Gasteiger partial charge in [-0.15, -0.1) is 47.0 Å². The lowest BCUT2D eigenvalue weighted by molar-refractivity contribution is -0.870. The van der Waals surface area contributed by atoms with E-state index in [1.54, 1.807) is 137 Å². The first-order valence-corrected chi connectivity index (χ1v) is 46.9. The molecular weight excluding hydrogens is 1740 g/mol. The Hall–Kier alpha value is -6.84. The van der Waals surface area contributed by atoms with Gasteiger partial charge in [0.25, 0.3) is 27.5 Å². The van der Waals surface area contributed by atoms with E-state index in [2.05, 4.69) is 158 Å². The lowest BCUT2D eigenvalue weighted by Gasteiger charge is -2.31. The van der Waals surface area contributed by atoms with Crippen LogP contribution in [0.1, 0.15) is 119 Å². The molecule has 26 nitrogen and oxygen atoms in total. The normalized spacial score (nSPS) is 12.8. The number of phosphoric ester groups is 2. The third kappa shape index (κ3) is 45.1. The summed E-state index contributed by atoms with van der Waals surface area (Å²) in [6, 6.07) is 46.8. The number of ether oxygens (including phenoxy) is 6. The topological polar surface area (TPSA) is 333 Å². The molecule has 6 aromatic rings. The fourth-order valence-corrected chi connectivity index (χ4v) is 15.9. The quantitative estimate of drug-likeness (QED) is 0.00342. The zero-order valence-corrected chi connectivity index (χ0v) is 79.3. The van der Waals surface area contributed by atoms with E-state index in [-0.39, 0.29) is 119 Å². The zero-order chi connectivity index (χ0) is 90.2. The number of Topliss-reactive ketones (excluding diaryl/α,β-unsaturated/α-hetero) is 2. The minimum Gasteiger partial charge on any atom is -0.756 e. The van der Waals surface area contributed by atoms with Gasteiger partial charge in [0.1, 0.15) is 50.4 Å². The molecule has 2 atom stereocenters. The molecule has 0 aromatic heterocycles. The summed E-state index contributed by atoms with van der Waals surface area (Å²) in [5.41, 5.74) is 4.80. The van der Waals surface area contributed by atoms with Crippen LogP contribution in [-0.2, 0) is 74.8 Å². The third-order valence-corrected chi connectivity index (χ3v) is 24.2. The number of rotatable bonds is 51. The zero-order valence-electron chi connectivity index (χ0n) is 72.6. The second-order valence-corrected chi connectivity index (χ2v) is 41.4. The molecule has 0 fully saturated rings. The van der Waals surface area contributed by atoms with Crippen molar-refractivity contribution in [3.63, 3.8) is 0 Å². The maximum Gasteiger partial charge on any atom is 0.335 e. The van der Waals surface area contributed by atoms with Crippen LogP contribution in [0, 0.1) is 50.4 Å². The van der Waals surface area contributed by atoms with Gasteiger partial charge in [0.05, 0.1) is 86.2 Å². The summed E-state index contributed by atoms with van der Waals surface area (Å²) in [7, 11) is 2.41. The molecule has 0 saturated carbocycles. The standard InChI is InChI=1S/C45H63N2O11PS2.C33H38BrNO5S2.C10H20NO6P/c1-33-10-18-38(19-11-33)60-30-37(31-61-39-20-12-34(2)13-21-39)40(48)35-14-16-36(17-15-35)41(49)46-22-24-54-26-27-55-42(50)44(3,4)32-45(5,6)43(51)56-28-29-58-59(52,53)57-25-23-47(7,8)9;1-23-5-13-28(14-6-23)41-21-27(22-42-29-15-7-24(2)8-16-29)30(36)25-9-11-26(12-10-25)31(37)35-17-18-39-19-20-40-32(38)33(3,4)34;1-9(2)10(12)15-8-17-18(13,14)16-7-6-11(3,4)5/h10-21,37H,22-32H2,1-9H3,(H-,46,49,52,53);5-16,27H,17-22H2,1-4H3,(H,35,37);1,6-8H2,2-5H3. The molecule has 2 unspecified atom stereocenters. The number of carbonyl (C=O) groups excluding carboxylic acids is 8. The van der Waals surface area contributed by atoms with Crippen molar-refractivity contribution in [2.24, 2.45) is 22.7 Å². The van der Waals surface area contributed by atoms with Crippen molar-refractivity contribution in [1.82, 2.24) is 10.6 Å². The van der Waals surface area contributed by atoms with Crippen molar-refractivity contribution in [2.75, 3.05) is 164 Å². The number of carbonyl (C=O) groups is 8. The fourth-order valence-electron chi connectivity index (χ4n) is 10.3. The molecule has 121 heavy (non-hydrogen) atoms. The number of hydrogen-bond donors (Lipinski definition) is 2. The van der Waals surface area contributed by atoms with Gasteiger partial charge >= 0.3 is 23.9 Å². The summed E-state index contributed by atoms with van der Waals surface area (Å²) in [4.78, 5) is 129. The van der Waals surface area contributed by atoms with Crippen LogP contribution in [0.3, 0.4) is 0 Å². The molecule has 0 radical (unpaired) electrons. The van der Waals surface area contributed by atoms with E-state index in [0.29, 0.717) is 73.9 Å². The fraction of sp³-hybridized carbons (Fsp3) is 0.477. The first-order chi connectivity index (χ1) is 56.6. The van der Waals surface area contributed by atoms with Gasteiger partial charge in [0.2, 0.25) is 0 Å². The molecule has 2 amide bonds. The second kappa shape index (κ2) is 52.8. The highest BCUT2D eigenvalue weighted by molar-refractivity contribution is 9.10. The van der Waals surface area contributed by atoms with Crippen LogP contribution in [0.25, 0.3) is 0 Å². The molecule has 666 valence electrons. The maximum absolute atomic E-state index is 13.8. The highest BCUT2D eigenvalue weighted by atomic mass is 79.9. The highest BCUT2D eigenvalue weighted by Crippen LogP contribution is 2.40. The average molecular weight is 1860 g/mol. The second-order valence-electron chi connectivity index (χ2n) is 32.2. The van der Waals surface area contributed by atoms with Crippen molar-refractivity contribution in [3.05, 3.63) is 202 Å². The summed E-state index contributed by atoms with van der Waals surface area (Å²) in [5, 5.41) is 5.61. The minimum atomic E-state index is -4.54. The van der Waals surface area contributed by atoms with Gasteiger partial charge in [-0.3, -0.25) is 47.2 Å². The number of benzene rings is 6. The van der Waals surface area contributed by atoms with Gasteiger partial charge < -0.3 is 71.4 Å². The molecule has 0 spiro atoms. The van der Waals surface area contributed by atoms with Crippen LogP contribution < -0.4 is 20.4 Å². The smallest absolute Gasteiger partial charge is 0.335 e. The van der Waals surface area contributed by atoms with E-state index in [9.17, 15) is 57.3 Å². The number of aryl methyl sites for hydroxylation is 4. The van der Waals surface area contributed by atoms with Crippen LogP contribution >= 0.6 is 78.6 Å². The van der Waals surface area contributed by atoms with Crippen LogP contribution in [0.4, 0.5) is 0 Å². The Kier molecular flexibility index (Phi) is 46.5. The third-order valence-electron chi connectivity index (χ3n) is 17.3. The molecule has 0 saturated heterocycles. The average Bonchev–Trinajstić information content (AvgIpc) is 0.815. The number of alkyl halides is 1. The Bertz CT molecular complexity index is 4250. The first kappa shape index (κ1) is 106. The Morgan fingerprint density at radius 1 is 0.413 bits per heavy atom. The number of nitrogens with zero attached hydrogens (tertiary/aromatic N) is 2. The lowest BCUT2D eigenvalue weighted by atomic mass is 9.75. The summed E-state index contributed by atoms with van der Waals surface area (Å²) in [5.74, 6) is -0.558. The van der Waals surface area contributed by atoms with Gasteiger partial charge in [-0.2, -0.15) is 0 Å². The number of hydrogen-bond acceptors (Lipinski definition) is 26. The van der Waals surface area contributed by atoms with Crippen LogP contribution in [0.15, 0.2) is 177 Å².